The topological polar surface area (TPSA) is 39.2 Å². The number of nitrogens with zero attached hydrogens (tertiary/aromatic N) is 1. The second-order valence-corrected chi connectivity index (χ2v) is 4.78. The van der Waals surface area contributed by atoms with E-state index in [9.17, 15) is 18.0 Å². The SMILES string of the molecule is O=C(c1cnc(C(F)(F)F)s1)C1CCCCO1. The van der Waals surface area contributed by atoms with E-state index in [4.69, 9.17) is 4.74 Å². The maximum atomic E-state index is 12.3. The highest BCUT2D eigenvalue weighted by Gasteiger charge is 2.36. The molecular weight excluding hydrogens is 255 g/mol. The van der Waals surface area contributed by atoms with Gasteiger partial charge in [-0.3, -0.25) is 4.79 Å². The average molecular weight is 265 g/mol. The number of hydrogen-bond donors (Lipinski definition) is 0. The van der Waals surface area contributed by atoms with Crippen molar-refractivity contribution < 1.29 is 22.7 Å². The molecule has 7 heteroatoms. The lowest BCUT2D eigenvalue weighted by Gasteiger charge is -2.20. The Bertz CT molecular complexity index is 410. The van der Waals surface area contributed by atoms with E-state index in [-0.39, 0.29) is 4.88 Å². The van der Waals surface area contributed by atoms with Crippen LogP contribution in [0.2, 0.25) is 0 Å². The molecule has 0 N–H and O–H groups in total. The first-order chi connectivity index (χ1) is 7.98. The normalized spacial score (nSPS) is 21.5. The number of rotatable bonds is 2. The predicted molar refractivity (Wildman–Crippen MR) is 55.0 cm³/mol. The summed E-state index contributed by atoms with van der Waals surface area (Å²) >= 11 is 0.376. The molecule has 0 aliphatic carbocycles. The standard InChI is InChI=1S/C10H10F3NO2S/c11-10(12,13)9-14-5-7(17-9)8(15)6-3-1-2-4-16-6/h5-6H,1-4H2. The number of ketones is 1. The molecule has 0 radical (unpaired) electrons. The average Bonchev–Trinajstić information content (AvgIpc) is 2.78. The van der Waals surface area contributed by atoms with Crippen molar-refractivity contribution in [3.8, 4) is 0 Å². The van der Waals surface area contributed by atoms with Crippen molar-refractivity contribution in [2.45, 2.75) is 31.5 Å². The minimum Gasteiger partial charge on any atom is -0.370 e. The quantitative estimate of drug-likeness (QED) is 0.772. The maximum Gasteiger partial charge on any atom is 0.443 e. The summed E-state index contributed by atoms with van der Waals surface area (Å²) in [7, 11) is 0. The summed E-state index contributed by atoms with van der Waals surface area (Å²) in [4.78, 5) is 15.1. The van der Waals surface area contributed by atoms with Gasteiger partial charge in [-0.05, 0) is 19.3 Å². The molecular formula is C10H10F3NO2S. The van der Waals surface area contributed by atoms with Gasteiger partial charge in [0.05, 0.1) is 4.88 Å². The molecule has 2 heterocycles. The van der Waals surface area contributed by atoms with E-state index in [1.54, 1.807) is 0 Å². The first-order valence-corrected chi connectivity index (χ1v) is 5.99. The van der Waals surface area contributed by atoms with Gasteiger partial charge < -0.3 is 4.74 Å². The van der Waals surface area contributed by atoms with Crippen LogP contribution >= 0.6 is 11.3 Å². The molecule has 1 atom stereocenters. The van der Waals surface area contributed by atoms with Gasteiger partial charge in [-0.25, -0.2) is 4.98 Å². The van der Waals surface area contributed by atoms with Crippen molar-refractivity contribution in [3.05, 3.63) is 16.1 Å². The zero-order valence-electron chi connectivity index (χ0n) is 8.79. The van der Waals surface area contributed by atoms with Crippen LogP contribution in [0.5, 0.6) is 0 Å². The fraction of sp³-hybridized carbons (Fsp3) is 0.600. The molecule has 1 aromatic heterocycles. The fourth-order valence-electron chi connectivity index (χ4n) is 1.63. The lowest BCUT2D eigenvalue weighted by molar-refractivity contribution is -0.137. The second-order valence-electron chi connectivity index (χ2n) is 3.75. The Morgan fingerprint density at radius 1 is 1.47 bits per heavy atom. The molecule has 1 unspecified atom stereocenters. The number of alkyl halides is 3. The first kappa shape index (κ1) is 12.5. The summed E-state index contributed by atoms with van der Waals surface area (Å²) in [6.07, 6.45) is -1.80. The second kappa shape index (κ2) is 4.73. The number of ether oxygens (including phenoxy) is 1. The number of hydrogen-bond acceptors (Lipinski definition) is 4. The minimum atomic E-state index is -4.49. The van der Waals surface area contributed by atoms with Crippen LogP contribution < -0.4 is 0 Å². The van der Waals surface area contributed by atoms with Gasteiger partial charge in [0, 0.05) is 12.8 Å². The van der Waals surface area contributed by atoms with Gasteiger partial charge in [-0.15, -0.1) is 11.3 Å². The van der Waals surface area contributed by atoms with Gasteiger partial charge in [-0.1, -0.05) is 0 Å². The van der Waals surface area contributed by atoms with Crippen molar-refractivity contribution in [1.29, 1.82) is 0 Å². The lowest BCUT2D eigenvalue weighted by Crippen LogP contribution is -2.27. The number of carbonyl (C=O) groups is 1. The fourth-order valence-corrected chi connectivity index (χ4v) is 2.39. The predicted octanol–water partition coefficient (Wildman–Crippen LogP) is 2.91. The Labute approximate surface area is 99.6 Å². The van der Waals surface area contributed by atoms with Crippen molar-refractivity contribution >= 4 is 17.1 Å². The highest BCUT2D eigenvalue weighted by Crippen LogP contribution is 2.33. The highest BCUT2D eigenvalue weighted by atomic mass is 32.1. The van der Waals surface area contributed by atoms with E-state index in [1.807, 2.05) is 0 Å². The van der Waals surface area contributed by atoms with Crippen molar-refractivity contribution in [1.82, 2.24) is 4.98 Å². The van der Waals surface area contributed by atoms with Crippen molar-refractivity contribution in [3.63, 3.8) is 0 Å². The molecule has 1 aliphatic heterocycles. The lowest BCUT2D eigenvalue weighted by atomic mass is 10.1. The third-order valence-corrected chi connectivity index (χ3v) is 3.52. The van der Waals surface area contributed by atoms with Gasteiger partial charge in [0.1, 0.15) is 6.10 Å². The zero-order valence-corrected chi connectivity index (χ0v) is 9.61. The number of carbonyl (C=O) groups excluding carboxylic acids is 1. The Morgan fingerprint density at radius 3 is 2.76 bits per heavy atom. The van der Waals surface area contributed by atoms with Crippen LogP contribution in [0.1, 0.15) is 33.9 Å². The molecule has 0 aromatic carbocycles. The Hall–Kier alpha value is -0.950. The maximum absolute atomic E-state index is 12.3. The third-order valence-electron chi connectivity index (χ3n) is 2.46. The third kappa shape index (κ3) is 2.84. The molecule has 3 nitrogen and oxygen atoms in total. The summed E-state index contributed by atoms with van der Waals surface area (Å²) in [5.74, 6) is -0.391. The molecule has 0 amide bonds. The molecule has 0 spiro atoms. The van der Waals surface area contributed by atoms with Crippen LogP contribution in [0.3, 0.4) is 0 Å². The van der Waals surface area contributed by atoms with Gasteiger partial charge in [0.2, 0.25) is 5.78 Å². The van der Waals surface area contributed by atoms with Crippen LogP contribution in [0, 0.1) is 0 Å². The molecule has 2 rings (SSSR count). The van der Waals surface area contributed by atoms with E-state index in [0.717, 1.165) is 19.0 Å². The summed E-state index contributed by atoms with van der Waals surface area (Å²) in [5.41, 5.74) is 0. The molecule has 17 heavy (non-hydrogen) atoms. The monoisotopic (exact) mass is 265 g/mol. The molecule has 0 saturated carbocycles. The van der Waals surface area contributed by atoms with Gasteiger partial charge in [0.25, 0.3) is 0 Å². The smallest absolute Gasteiger partial charge is 0.370 e. The number of Topliss-reactive ketones (excluding diaryl/α,β-unsaturated/α-hetero) is 1. The molecule has 1 aliphatic rings. The minimum absolute atomic E-state index is 0.0178. The Kier molecular flexibility index (Phi) is 3.48. The molecule has 94 valence electrons. The number of halogens is 3. The van der Waals surface area contributed by atoms with Crippen molar-refractivity contribution in [2.24, 2.45) is 0 Å². The van der Waals surface area contributed by atoms with Gasteiger partial charge in [0.15, 0.2) is 5.01 Å². The van der Waals surface area contributed by atoms with Crippen LogP contribution in [-0.2, 0) is 10.9 Å². The van der Waals surface area contributed by atoms with E-state index in [2.05, 4.69) is 4.98 Å². The van der Waals surface area contributed by atoms with Gasteiger partial charge >= 0.3 is 6.18 Å². The van der Waals surface area contributed by atoms with E-state index < -0.39 is 23.1 Å². The Morgan fingerprint density at radius 2 is 2.24 bits per heavy atom. The zero-order chi connectivity index (χ0) is 12.5. The summed E-state index contributed by atoms with van der Waals surface area (Å²) in [6, 6.07) is 0. The van der Waals surface area contributed by atoms with E-state index >= 15 is 0 Å². The van der Waals surface area contributed by atoms with Crippen LogP contribution in [0.15, 0.2) is 6.20 Å². The molecule has 1 saturated heterocycles. The first-order valence-electron chi connectivity index (χ1n) is 5.17. The summed E-state index contributed by atoms with van der Waals surface area (Å²) < 4.78 is 42.2. The van der Waals surface area contributed by atoms with Crippen LogP contribution in [-0.4, -0.2) is 23.5 Å². The highest BCUT2D eigenvalue weighted by molar-refractivity contribution is 7.13. The summed E-state index contributed by atoms with van der Waals surface area (Å²) in [6.45, 7) is 0.487. The van der Waals surface area contributed by atoms with Crippen LogP contribution in [0.4, 0.5) is 13.2 Å². The summed E-state index contributed by atoms with van der Waals surface area (Å²) in [5, 5.41) is -0.989. The molecule has 0 bridgehead atoms. The molecule has 1 aromatic rings. The van der Waals surface area contributed by atoms with Gasteiger partial charge in [-0.2, -0.15) is 13.2 Å². The number of aromatic nitrogens is 1. The van der Waals surface area contributed by atoms with Crippen molar-refractivity contribution in [2.75, 3.05) is 6.61 Å². The Balaban J connectivity index is 2.11. The van der Waals surface area contributed by atoms with Crippen LogP contribution in [0.25, 0.3) is 0 Å². The number of thiazole rings is 1. The molecule has 1 fully saturated rings. The van der Waals surface area contributed by atoms with E-state index in [1.165, 1.54) is 0 Å². The van der Waals surface area contributed by atoms with E-state index in [0.29, 0.717) is 24.4 Å². The largest absolute Gasteiger partial charge is 0.443 e.